The first-order valence-corrected chi connectivity index (χ1v) is 13.5. The number of piperidine rings is 1. The van der Waals surface area contributed by atoms with Gasteiger partial charge in [0.25, 0.3) is 0 Å². The molecule has 1 N–H and O–H groups in total. The van der Waals surface area contributed by atoms with Gasteiger partial charge in [-0.15, -0.1) is 11.8 Å². The molecule has 1 aliphatic rings. The largest absolute Gasteiger partial charge is 0.325 e. The zero-order valence-corrected chi connectivity index (χ0v) is 20.2. The van der Waals surface area contributed by atoms with Gasteiger partial charge in [-0.1, -0.05) is 42.5 Å². The molecule has 0 aromatic heterocycles. The fourth-order valence-electron chi connectivity index (χ4n) is 3.87. The van der Waals surface area contributed by atoms with E-state index in [1.165, 1.54) is 34.1 Å². The molecule has 174 valence electrons. The average molecular weight is 492 g/mol. The normalized spacial score (nSPS) is 14.9. The van der Waals surface area contributed by atoms with Crippen molar-refractivity contribution in [3.63, 3.8) is 0 Å². The second kappa shape index (κ2) is 10.9. The van der Waals surface area contributed by atoms with Gasteiger partial charge in [0.1, 0.15) is 0 Å². The number of benzene rings is 3. The molecule has 0 aliphatic carbocycles. The Morgan fingerprint density at radius 1 is 0.971 bits per heavy atom. The smallest absolute Gasteiger partial charge is 0.243 e. The minimum Gasteiger partial charge on any atom is -0.325 e. The molecule has 0 atom stereocenters. The number of nitrogens with one attached hydrogen (secondary N) is 1. The van der Waals surface area contributed by atoms with E-state index in [1.54, 1.807) is 11.8 Å². The number of sulfonamides is 1. The Bertz CT molecular complexity index is 1280. The number of rotatable bonds is 7. The lowest BCUT2D eigenvalue weighted by molar-refractivity contribution is -0.120. The first-order chi connectivity index (χ1) is 16.5. The molecule has 1 amide bonds. The number of anilines is 1. The molecule has 3 aromatic rings. The molecule has 1 aliphatic heterocycles. The summed E-state index contributed by atoms with van der Waals surface area (Å²) in [6.45, 7) is 0.565. The second-order valence-electron chi connectivity index (χ2n) is 8.07. The van der Waals surface area contributed by atoms with Gasteiger partial charge in [0.15, 0.2) is 0 Å². The van der Waals surface area contributed by atoms with Crippen LogP contribution >= 0.6 is 11.8 Å². The predicted molar refractivity (Wildman–Crippen MR) is 134 cm³/mol. The number of amides is 1. The first kappa shape index (κ1) is 24.0. The Labute approximate surface area is 204 Å². The summed E-state index contributed by atoms with van der Waals surface area (Å²) in [7, 11) is -3.65. The van der Waals surface area contributed by atoms with Crippen molar-refractivity contribution in [2.24, 2.45) is 5.92 Å². The summed E-state index contributed by atoms with van der Waals surface area (Å²) in [6, 6.07) is 25.8. The summed E-state index contributed by atoms with van der Waals surface area (Å²) in [5.41, 5.74) is 2.40. The summed E-state index contributed by atoms with van der Waals surface area (Å²) in [6.07, 6.45) is 0.918. The van der Waals surface area contributed by atoms with E-state index in [0.29, 0.717) is 18.4 Å². The number of para-hydroxylation sites is 1. The third kappa shape index (κ3) is 5.68. The van der Waals surface area contributed by atoms with E-state index >= 15 is 0 Å². The van der Waals surface area contributed by atoms with Crippen LogP contribution in [0.5, 0.6) is 0 Å². The van der Waals surface area contributed by atoms with E-state index in [9.17, 15) is 13.2 Å². The van der Waals surface area contributed by atoms with E-state index in [1.807, 2.05) is 48.5 Å². The number of carbonyl (C=O) groups excluding carboxylic acids is 1. The van der Waals surface area contributed by atoms with E-state index in [-0.39, 0.29) is 29.8 Å². The van der Waals surface area contributed by atoms with Gasteiger partial charge in [0.2, 0.25) is 15.9 Å². The minimum absolute atomic E-state index is 0.0804. The molecular weight excluding hydrogens is 466 g/mol. The molecule has 34 heavy (non-hydrogen) atoms. The lowest BCUT2D eigenvalue weighted by Gasteiger charge is -2.30. The van der Waals surface area contributed by atoms with Crippen molar-refractivity contribution in [2.75, 3.05) is 18.4 Å². The highest BCUT2D eigenvalue weighted by atomic mass is 32.2. The zero-order valence-electron chi connectivity index (χ0n) is 18.6. The summed E-state index contributed by atoms with van der Waals surface area (Å²) < 4.78 is 27.3. The van der Waals surface area contributed by atoms with Gasteiger partial charge in [-0.25, -0.2) is 8.42 Å². The highest BCUT2D eigenvalue weighted by Gasteiger charge is 2.32. The summed E-state index contributed by atoms with van der Waals surface area (Å²) in [5.74, 6) is 0.474. The van der Waals surface area contributed by atoms with Crippen molar-refractivity contribution in [1.82, 2.24) is 4.31 Å². The Hall–Kier alpha value is -3.12. The molecule has 1 saturated heterocycles. The molecule has 4 rings (SSSR count). The number of thioether (sulfide) groups is 1. The van der Waals surface area contributed by atoms with E-state index < -0.39 is 10.0 Å². The number of hydrogen-bond acceptors (Lipinski definition) is 5. The molecule has 1 fully saturated rings. The molecule has 3 aromatic carbocycles. The highest BCUT2D eigenvalue weighted by molar-refractivity contribution is 7.98. The predicted octanol–water partition coefficient (Wildman–Crippen LogP) is 4.89. The van der Waals surface area contributed by atoms with Crippen LogP contribution in [-0.2, 0) is 20.6 Å². The van der Waals surface area contributed by atoms with Gasteiger partial charge in [-0.3, -0.25) is 4.79 Å². The Kier molecular flexibility index (Phi) is 7.68. The highest BCUT2D eigenvalue weighted by Crippen LogP contribution is 2.31. The van der Waals surface area contributed by atoms with Gasteiger partial charge in [0.05, 0.1) is 22.2 Å². The molecular formula is C26H25N3O3S2. The molecule has 1 heterocycles. The van der Waals surface area contributed by atoms with E-state index in [4.69, 9.17) is 5.26 Å². The maximum absolute atomic E-state index is 13.0. The molecule has 0 saturated carbocycles. The van der Waals surface area contributed by atoms with Crippen molar-refractivity contribution in [3.05, 3.63) is 90.0 Å². The SMILES string of the molecule is N#Cc1ccc(S(=O)(=O)N2CCC(C(=O)Nc3ccccc3SCc3ccccc3)CC2)cc1. The van der Waals surface area contributed by atoms with Crippen LogP contribution in [-0.4, -0.2) is 31.7 Å². The van der Waals surface area contributed by atoms with E-state index in [2.05, 4.69) is 17.4 Å². The van der Waals surface area contributed by atoms with Crippen LogP contribution in [0.4, 0.5) is 5.69 Å². The number of carbonyl (C=O) groups is 1. The van der Waals surface area contributed by atoms with Crippen LogP contribution in [0.1, 0.15) is 24.0 Å². The van der Waals surface area contributed by atoms with Gasteiger partial charge in [-0.05, 0) is 54.8 Å². The summed E-state index contributed by atoms with van der Waals surface area (Å²) in [5, 5.41) is 12.0. The first-order valence-electron chi connectivity index (χ1n) is 11.0. The zero-order chi connectivity index (χ0) is 24.0. The van der Waals surface area contributed by atoms with Crippen LogP contribution in [0.25, 0.3) is 0 Å². The molecule has 0 unspecified atom stereocenters. The van der Waals surface area contributed by atoms with Gasteiger partial charge in [-0.2, -0.15) is 9.57 Å². The van der Waals surface area contributed by atoms with Crippen LogP contribution in [0, 0.1) is 17.2 Å². The fraction of sp³-hybridized carbons (Fsp3) is 0.231. The molecule has 0 radical (unpaired) electrons. The Morgan fingerprint density at radius 3 is 2.29 bits per heavy atom. The van der Waals surface area contributed by atoms with Crippen molar-refractivity contribution < 1.29 is 13.2 Å². The standard InChI is InChI=1S/C26H25N3O3S2/c27-18-20-10-12-23(13-11-20)34(31,32)29-16-14-22(15-17-29)26(30)28-24-8-4-5-9-25(24)33-19-21-6-2-1-3-7-21/h1-13,22H,14-17,19H2,(H,28,30). The second-order valence-corrected chi connectivity index (χ2v) is 11.0. The van der Waals surface area contributed by atoms with Gasteiger partial charge in [0, 0.05) is 29.7 Å². The lowest BCUT2D eigenvalue weighted by Crippen LogP contribution is -2.41. The Balaban J connectivity index is 1.35. The third-order valence-electron chi connectivity index (χ3n) is 5.83. The minimum atomic E-state index is -3.65. The fourth-order valence-corrected chi connectivity index (χ4v) is 6.31. The third-order valence-corrected chi connectivity index (χ3v) is 8.89. The average Bonchev–Trinajstić information content (AvgIpc) is 2.89. The Morgan fingerprint density at radius 2 is 1.62 bits per heavy atom. The van der Waals surface area contributed by atoms with Gasteiger partial charge >= 0.3 is 0 Å². The molecule has 0 spiro atoms. The number of nitriles is 1. The van der Waals surface area contributed by atoms with Crippen LogP contribution < -0.4 is 5.32 Å². The molecule has 8 heteroatoms. The van der Waals surface area contributed by atoms with Crippen LogP contribution in [0.15, 0.2) is 88.7 Å². The number of nitrogens with zero attached hydrogens (tertiary/aromatic N) is 2. The lowest BCUT2D eigenvalue weighted by atomic mass is 9.97. The van der Waals surface area contributed by atoms with Crippen LogP contribution in [0.2, 0.25) is 0 Å². The van der Waals surface area contributed by atoms with Crippen molar-refractivity contribution in [1.29, 1.82) is 5.26 Å². The van der Waals surface area contributed by atoms with Crippen LogP contribution in [0.3, 0.4) is 0 Å². The number of hydrogen-bond donors (Lipinski definition) is 1. The van der Waals surface area contributed by atoms with Gasteiger partial charge < -0.3 is 5.32 Å². The summed E-state index contributed by atoms with van der Waals surface area (Å²) >= 11 is 1.67. The van der Waals surface area contributed by atoms with Crippen molar-refractivity contribution in [3.8, 4) is 6.07 Å². The topological polar surface area (TPSA) is 90.3 Å². The molecule has 0 bridgehead atoms. The maximum atomic E-state index is 13.0. The van der Waals surface area contributed by atoms with Crippen molar-refractivity contribution >= 4 is 33.4 Å². The quantitative estimate of drug-likeness (QED) is 0.475. The van der Waals surface area contributed by atoms with Crippen molar-refractivity contribution in [2.45, 2.75) is 28.4 Å². The maximum Gasteiger partial charge on any atom is 0.243 e. The monoisotopic (exact) mass is 491 g/mol. The molecule has 6 nitrogen and oxygen atoms in total. The summed E-state index contributed by atoms with van der Waals surface area (Å²) in [4.78, 5) is 14.1. The van der Waals surface area contributed by atoms with E-state index in [0.717, 1.165) is 16.3 Å².